The van der Waals surface area contributed by atoms with Gasteiger partial charge in [0.25, 0.3) is 0 Å². The highest BCUT2D eigenvalue weighted by molar-refractivity contribution is 5.98. The second-order valence-electron chi connectivity index (χ2n) is 4.29. The molecule has 5 nitrogen and oxygen atoms in total. The number of fused-ring (bicyclic) bond motifs is 1. The Balaban J connectivity index is 2.23. The minimum atomic E-state index is -0.987. The molecule has 5 heteroatoms. The Hall–Kier alpha value is -2.40. The Kier molecular flexibility index (Phi) is 4.32. The molecule has 0 bridgehead atoms. The molecule has 2 N–H and O–H groups in total. The van der Waals surface area contributed by atoms with Gasteiger partial charge in [-0.05, 0) is 35.0 Å². The van der Waals surface area contributed by atoms with Gasteiger partial charge in [0.05, 0.1) is 17.7 Å². The summed E-state index contributed by atoms with van der Waals surface area (Å²) < 4.78 is 4.99. The van der Waals surface area contributed by atoms with E-state index in [-0.39, 0.29) is 18.8 Å². The van der Waals surface area contributed by atoms with Crippen LogP contribution in [0.5, 0.6) is 0 Å². The molecule has 0 fully saturated rings. The maximum Gasteiger partial charge on any atom is 0.338 e. The molecule has 0 radical (unpaired) electrons. The summed E-state index contributed by atoms with van der Waals surface area (Å²) in [5.41, 5.74) is 0.606. The SMILES string of the molecule is O=C(O)c1ccc2cc(C(=O)OCCCO)ccc2c1. The van der Waals surface area contributed by atoms with Crippen LogP contribution in [-0.2, 0) is 4.74 Å². The van der Waals surface area contributed by atoms with Gasteiger partial charge < -0.3 is 14.9 Å². The number of carbonyl (C=O) groups is 2. The van der Waals surface area contributed by atoms with Crippen LogP contribution in [0.1, 0.15) is 27.1 Å². The third kappa shape index (κ3) is 3.13. The zero-order valence-corrected chi connectivity index (χ0v) is 10.7. The molecular weight excluding hydrogens is 260 g/mol. The van der Waals surface area contributed by atoms with Crippen LogP contribution in [0.25, 0.3) is 10.8 Å². The molecule has 2 aromatic rings. The number of esters is 1. The third-order valence-electron chi connectivity index (χ3n) is 2.86. The van der Waals surface area contributed by atoms with E-state index in [1.54, 1.807) is 30.3 Å². The average Bonchev–Trinajstić information content (AvgIpc) is 2.46. The van der Waals surface area contributed by atoms with Crippen LogP contribution in [0.3, 0.4) is 0 Å². The molecule has 104 valence electrons. The van der Waals surface area contributed by atoms with Crippen molar-refractivity contribution in [2.24, 2.45) is 0 Å². The molecule has 0 unspecified atom stereocenters. The first-order valence-corrected chi connectivity index (χ1v) is 6.17. The first-order valence-electron chi connectivity index (χ1n) is 6.17. The molecular formula is C15H14O5. The van der Waals surface area contributed by atoms with Gasteiger partial charge in [-0.15, -0.1) is 0 Å². The minimum Gasteiger partial charge on any atom is -0.478 e. The number of hydrogen-bond acceptors (Lipinski definition) is 4. The number of aliphatic hydroxyl groups is 1. The highest BCUT2D eigenvalue weighted by atomic mass is 16.5. The Morgan fingerprint density at radius 3 is 2.20 bits per heavy atom. The molecule has 0 saturated heterocycles. The second kappa shape index (κ2) is 6.16. The zero-order chi connectivity index (χ0) is 14.5. The van der Waals surface area contributed by atoms with Crippen molar-refractivity contribution in [1.29, 1.82) is 0 Å². The number of ether oxygens (including phenoxy) is 1. The standard InChI is InChI=1S/C15H14O5/c16-6-1-7-20-15(19)13-5-3-10-8-12(14(17)18)4-2-11(10)9-13/h2-5,8-9,16H,1,6-7H2,(H,17,18). The van der Waals surface area contributed by atoms with Gasteiger partial charge in [0.2, 0.25) is 0 Å². The number of carboxylic acids is 1. The molecule has 0 aliphatic carbocycles. The van der Waals surface area contributed by atoms with E-state index in [9.17, 15) is 9.59 Å². The Morgan fingerprint density at radius 2 is 1.60 bits per heavy atom. The topological polar surface area (TPSA) is 83.8 Å². The fourth-order valence-corrected chi connectivity index (χ4v) is 1.82. The number of carboxylic acid groups (broad SMARTS) is 1. The van der Waals surface area contributed by atoms with Gasteiger partial charge >= 0.3 is 11.9 Å². The van der Waals surface area contributed by atoms with Crippen LogP contribution < -0.4 is 0 Å². The molecule has 0 aromatic heterocycles. The van der Waals surface area contributed by atoms with Crippen LogP contribution in [0.4, 0.5) is 0 Å². The van der Waals surface area contributed by atoms with Crippen molar-refractivity contribution in [3.8, 4) is 0 Å². The fraction of sp³-hybridized carbons (Fsp3) is 0.200. The van der Waals surface area contributed by atoms with Gasteiger partial charge in [-0.1, -0.05) is 12.1 Å². The van der Waals surface area contributed by atoms with Crippen LogP contribution in [-0.4, -0.2) is 35.4 Å². The minimum absolute atomic E-state index is 0.0248. The summed E-state index contributed by atoms with van der Waals surface area (Å²) in [6, 6.07) is 9.63. The lowest BCUT2D eigenvalue weighted by Crippen LogP contribution is -2.07. The summed E-state index contributed by atoms with van der Waals surface area (Å²) in [4.78, 5) is 22.6. The summed E-state index contributed by atoms with van der Waals surface area (Å²) in [6.07, 6.45) is 0.404. The first kappa shape index (κ1) is 14.0. The third-order valence-corrected chi connectivity index (χ3v) is 2.86. The number of aliphatic hydroxyl groups excluding tert-OH is 1. The van der Waals surface area contributed by atoms with Gasteiger partial charge in [0.15, 0.2) is 0 Å². The molecule has 0 spiro atoms. The van der Waals surface area contributed by atoms with E-state index in [1.165, 1.54) is 6.07 Å². The van der Waals surface area contributed by atoms with Crippen molar-refractivity contribution >= 4 is 22.7 Å². The van der Waals surface area contributed by atoms with Crippen molar-refractivity contribution in [3.63, 3.8) is 0 Å². The Bertz CT molecular complexity index is 648. The summed E-state index contributed by atoms with van der Waals surface area (Å²) in [5.74, 6) is -1.44. The molecule has 2 rings (SSSR count). The number of rotatable bonds is 5. The highest BCUT2D eigenvalue weighted by Crippen LogP contribution is 2.18. The van der Waals surface area contributed by atoms with E-state index in [2.05, 4.69) is 0 Å². The van der Waals surface area contributed by atoms with Crippen molar-refractivity contribution in [2.45, 2.75) is 6.42 Å². The molecule has 0 aliphatic rings. The van der Waals surface area contributed by atoms with Crippen LogP contribution in [0.15, 0.2) is 36.4 Å². The first-order chi connectivity index (χ1) is 9.61. The maximum atomic E-state index is 11.7. The molecule has 0 heterocycles. The molecule has 0 atom stereocenters. The fourth-order valence-electron chi connectivity index (χ4n) is 1.82. The quantitative estimate of drug-likeness (QED) is 0.644. The lowest BCUT2D eigenvalue weighted by atomic mass is 10.0. The zero-order valence-electron chi connectivity index (χ0n) is 10.7. The summed E-state index contributed by atoms with van der Waals surface area (Å²) in [6.45, 7) is 0.147. The number of aromatic carboxylic acids is 1. The molecule has 0 aliphatic heterocycles. The molecule has 0 saturated carbocycles. The molecule has 20 heavy (non-hydrogen) atoms. The summed E-state index contributed by atoms with van der Waals surface area (Å²) in [7, 11) is 0. The van der Waals surface area contributed by atoms with E-state index in [0.29, 0.717) is 12.0 Å². The van der Waals surface area contributed by atoms with Gasteiger partial charge in [-0.3, -0.25) is 0 Å². The normalized spacial score (nSPS) is 10.4. The van der Waals surface area contributed by atoms with Crippen LogP contribution >= 0.6 is 0 Å². The van der Waals surface area contributed by atoms with Gasteiger partial charge in [0, 0.05) is 13.0 Å². The predicted octanol–water partition coefficient (Wildman–Crippen LogP) is 2.08. The van der Waals surface area contributed by atoms with E-state index in [4.69, 9.17) is 14.9 Å². The average molecular weight is 274 g/mol. The summed E-state index contributed by atoms with van der Waals surface area (Å²) in [5, 5.41) is 19.1. The second-order valence-corrected chi connectivity index (χ2v) is 4.29. The number of hydrogen-bond donors (Lipinski definition) is 2. The van der Waals surface area contributed by atoms with Gasteiger partial charge in [0.1, 0.15) is 0 Å². The predicted molar refractivity (Wildman–Crippen MR) is 72.9 cm³/mol. The lowest BCUT2D eigenvalue weighted by molar-refractivity contribution is 0.0482. The highest BCUT2D eigenvalue weighted by Gasteiger charge is 2.09. The van der Waals surface area contributed by atoms with E-state index in [1.807, 2.05) is 0 Å². The Morgan fingerprint density at radius 1 is 1.00 bits per heavy atom. The van der Waals surface area contributed by atoms with Gasteiger partial charge in [-0.2, -0.15) is 0 Å². The number of carbonyl (C=O) groups excluding carboxylic acids is 1. The van der Waals surface area contributed by atoms with Crippen LogP contribution in [0, 0.1) is 0 Å². The Labute approximate surface area is 115 Å². The maximum absolute atomic E-state index is 11.7. The summed E-state index contributed by atoms with van der Waals surface area (Å²) >= 11 is 0. The van der Waals surface area contributed by atoms with E-state index in [0.717, 1.165) is 10.8 Å². The van der Waals surface area contributed by atoms with E-state index < -0.39 is 11.9 Å². The van der Waals surface area contributed by atoms with Crippen molar-refractivity contribution in [1.82, 2.24) is 0 Å². The molecule has 2 aromatic carbocycles. The number of benzene rings is 2. The van der Waals surface area contributed by atoms with Gasteiger partial charge in [-0.25, -0.2) is 9.59 Å². The molecule has 0 amide bonds. The van der Waals surface area contributed by atoms with Crippen molar-refractivity contribution in [2.75, 3.05) is 13.2 Å². The van der Waals surface area contributed by atoms with Crippen LogP contribution in [0.2, 0.25) is 0 Å². The lowest BCUT2D eigenvalue weighted by Gasteiger charge is -2.05. The van der Waals surface area contributed by atoms with E-state index >= 15 is 0 Å². The van der Waals surface area contributed by atoms with Crippen molar-refractivity contribution in [3.05, 3.63) is 47.5 Å². The monoisotopic (exact) mass is 274 g/mol. The van der Waals surface area contributed by atoms with Crippen molar-refractivity contribution < 1.29 is 24.5 Å². The smallest absolute Gasteiger partial charge is 0.338 e. The largest absolute Gasteiger partial charge is 0.478 e.